The molecule has 0 aromatic heterocycles. The Bertz CT molecular complexity index is 594. The van der Waals surface area contributed by atoms with Crippen LogP contribution >= 0.6 is 15.9 Å². The smallest absolute Gasteiger partial charge is 0.167 e. The van der Waals surface area contributed by atoms with Gasteiger partial charge in [-0.05, 0) is 45.8 Å². The van der Waals surface area contributed by atoms with Crippen LogP contribution in [0.1, 0.15) is 15.9 Å². The summed E-state index contributed by atoms with van der Waals surface area (Å²) in [6.07, 6.45) is 0.241. The first-order chi connectivity index (χ1) is 9.10. The highest BCUT2D eigenvalue weighted by Crippen LogP contribution is 2.18. The van der Waals surface area contributed by atoms with Crippen molar-refractivity contribution < 1.29 is 13.9 Å². The van der Waals surface area contributed by atoms with E-state index in [1.807, 2.05) is 12.1 Å². The molecule has 0 aliphatic rings. The summed E-state index contributed by atoms with van der Waals surface area (Å²) in [5.74, 6) is 0.197. The molecule has 0 aliphatic heterocycles. The summed E-state index contributed by atoms with van der Waals surface area (Å²) in [4.78, 5) is 12.0. The van der Waals surface area contributed by atoms with Crippen LogP contribution in [0.15, 0.2) is 46.9 Å². The number of benzene rings is 2. The zero-order chi connectivity index (χ0) is 13.8. The third kappa shape index (κ3) is 3.41. The van der Waals surface area contributed by atoms with Crippen LogP contribution < -0.4 is 4.74 Å². The maximum absolute atomic E-state index is 13.4. The van der Waals surface area contributed by atoms with Crippen LogP contribution in [-0.4, -0.2) is 12.9 Å². The van der Waals surface area contributed by atoms with E-state index in [0.717, 1.165) is 11.3 Å². The van der Waals surface area contributed by atoms with E-state index in [-0.39, 0.29) is 12.2 Å². The van der Waals surface area contributed by atoms with E-state index in [0.29, 0.717) is 10.0 Å². The molecule has 0 fully saturated rings. The first-order valence-corrected chi connectivity index (χ1v) is 6.50. The molecule has 0 aliphatic carbocycles. The number of rotatable bonds is 4. The highest BCUT2D eigenvalue weighted by Gasteiger charge is 2.09. The van der Waals surface area contributed by atoms with Gasteiger partial charge in [-0.2, -0.15) is 0 Å². The molecule has 0 heterocycles. The van der Waals surface area contributed by atoms with E-state index >= 15 is 0 Å². The average Bonchev–Trinajstić information content (AvgIpc) is 2.42. The second kappa shape index (κ2) is 5.97. The predicted octanol–water partition coefficient (Wildman–Crippen LogP) is 4.02. The summed E-state index contributed by atoms with van der Waals surface area (Å²) < 4.78 is 18.8. The number of methoxy groups -OCH3 is 1. The van der Waals surface area contributed by atoms with Crippen LogP contribution in [0.5, 0.6) is 5.75 Å². The van der Waals surface area contributed by atoms with Gasteiger partial charge in [0.25, 0.3) is 0 Å². The molecule has 0 bridgehead atoms. The molecule has 2 nitrogen and oxygen atoms in total. The quantitative estimate of drug-likeness (QED) is 0.795. The lowest BCUT2D eigenvalue weighted by Crippen LogP contribution is -2.04. The summed E-state index contributed by atoms with van der Waals surface area (Å²) in [5.41, 5.74) is 1.24. The van der Waals surface area contributed by atoms with Gasteiger partial charge in [0.15, 0.2) is 5.78 Å². The molecule has 0 unspecified atom stereocenters. The van der Waals surface area contributed by atoms with Crippen molar-refractivity contribution in [3.8, 4) is 5.75 Å². The second-order valence-electron chi connectivity index (χ2n) is 4.08. The molecule has 0 radical (unpaired) electrons. The average molecular weight is 323 g/mol. The molecule has 2 aromatic carbocycles. The van der Waals surface area contributed by atoms with Crippen LogP contribution in [0.4, 0.5) is 4.39 Å². The molecule has 19 heavy (non-hydrogen) atoms. The molecule has 0 saturated heterocycles. The Morgan fingerprint density at radius 1 is 1.21 bits per heavy atom. The summed E-state index contributed by atoms with van der Waals surface area (Å²) >= 11 is 3.06. The number of halogens is 2. The Kier molecular flexibility index (Phi) is 4.32. The molecule has 2 rings (SSSR count). The first-order valence-electron chi connectivity index (χ1n) is 5.71. The zero-order valence-corrected chi connectivity index (χ0v) is 11.9. The number of carbonyl (C=O) groups is 1. The summed E-state index contributed by atoms with van der Waals surface area (Å²) in [7, 11) is 1.59. The van der Waals surface area contributed by atoms with E-state index in [9.17, 15) is 9.18 Å². The molecule has 0 spiro atoms. The second-order valence-corrected chi connectivity index (χ2v) is 4.93. The first kappa shape index (κ1) is 13.7. The molecule has 0 N–H and O–H groups in total. The highest BCUT2D eigenvalue weighted by atomic mass is 79.9. The van der Waals surface area contributed by atoms with Gasteiger partial charge in [-0.1, -0.05) is 18.2 Å². The Hall–Kier alpha value is -1.68. The van der Waals surface area contributed by atoms with Gasteiger partial charge in [-0.3, -0.25) is 4.79 Å². The standard InChI is InChI=1S/C15H12BrFO2/c1-19-12-5-2-10(3-6-12)8-15(18)11-4-7-13(16)14(17)9-11/h2-7,9H,8H2,1H3. The fraction of sp³-hybridized carbons (Fsp3) is 0.133. The van der Waals surface area contributed by atoms with Crippen molar-refractivity contribution in [2.75, 3.05) is 7.11 Å². The van der Waals surface area contributed by atoms with E-state index in [1.165, 1.54) is 12.1 Å². The molecule has 98 valence electrons. The molecule has 0 saturated carbocycles. The van der Waals surface area contributed by atoms with Gasteiger partial charge in [0.2, 0.25) is 0 Å². The molecular weight excluding hydrogens is 311 g/mol. The van der Waals surface area contributed by atoms with Gasteiger partial charge in [0.1, 0.15) is 11.6 Å². The molecule has 0 amide bonds. The van der Waals surface area contributed by atoms with E-state index in [1.54, 1.807) is 25.3 Å². The topological polar surface area (TPSA) is 26.3 Å². The van der Waals surface area contributed by atoms with E-state index in [4.69, 9.17) is 4.74 Å². The Labute approximate surface area is 119 Å². The SMILES string of the molecule is COc1ccc(CC(=O)c2ccc(Br)c(F)c2)cc1. The number of hydrogen-bond donors (Lipinski definition) is 0. The van der Waals surface area contributed by atoms with Crippen LogP contribution in [0.3, 0.4) is 0 Å². The maximum Gasteiger partial charge on any atom is 0.167 e. The monoisotopic (exact) mass is 322 g/mol. The van der Waals surface area contributed by atoms with Crippen molar-refractivity contribution in [2.45, 2.75) is 6.42 Å². The molecule has 2 aromatic rings. The van der Waals surface area contributed by atoms with Crippen molar-refractivity contribution in [1.29, 1.82) is 0 Å². The molecule has 4 heteroatoms. The number of Topliss-reactive ketones (excluding diaryl/α,β-unsaturated/α-hetero) is 1. The zero-order valence-electron chi connectivity index (χ0n) is 10.3. The van der Waals surface area contributed by atoms with Crippen LogP contribution in [-0.2, 0) is 6.42 Å². The van der Waals surface area contributed by atoms with Crippen molar-refractivity contribution >= 4 is 21.7 Å². The van der Waals surface area contributed by atoms with Gasteiger partial charge in [0, 0.05) is 12.0 Å². The van der Waals surface area contributed by atoms with E-state index in [2.05, 4.69) is 15.9 Å². The Morgan fingerprint density at radius 3 is 2.47 bits per heavy atom. The van der Waals surface area contributed by atoms with E-state index < -0.39 is 5.82 Å². The third-order valence-corrected chi connectivity index (χ3v) is 3.41. The van der Waals surface area contributed by atoms with Gasteiger partial charge < -0.3 is 4.74 Å². The lowest BCUT2D eigenvalue weighted by atomic mass is 10.0. The van der Waals surface area contributed by atoms with Crippen molar-refractivity contribution in [3.63, 3.8) is 0 Å². The summed E-state index contributed by atoms with van der Waals surface area (Å²) in [6.45, 7) is 0. The Balaban J connectivity index is 2.13. The van der Waals surface area contributed by atoms with Crippen molar-refractivity contribution in [3.05, 3.63) is 63.9 Å². The minimum Gasteiger partial charge on any atom is -0.497 e. The van der Waals surface area contributed by atoms with Crippen molar-refractivity contribution in [1.82, 2.24) is 0 Å². The predicted molar refractivity (Wildman–Crippen MR) is 75.1 cm³/mol. The molecule has 0 atom stereocenters. The lowest BCUT2D eigenvalue weighted by molar-refractivity contribution is 0.0992. The minimum atomic E-state index is -0.430. The fourth-order valence-electron chi connectivity index (χ4n) is 1.70. The summed E-state index contributed by atoms with van der Waals surface area (Å²) in [5, 5.41) is 0. The van der Waals surface area contributed by atoms with Crippen LogP contribution in [0.2, 0.25) is 0 Å². The van der Waals surface area contributed by atoms with Gasteiger partial charge in [-0.15, -0.1) is 0 Å². The number of hydrogen-bond acceptors (Lipinski definition) is 2. The third-order valence-electron chi connectivity index (χ3n) is 2.77. The summed E-state index contributed by atoms with van der Waals surface area (Å²) in [6, 6.07) is 11.6. The fourth-order valence-corrected chi connectivity index (χ4v) is 1.95. The lowest BCUT2D eigenvalue weighted by Gasteiger charge is -2.04. The van der Waals surface area contributed by atoms with Gasteiger partial charge >= 0.3 is 0 Å². The number of ether oxygens (including phenoxy) is 1. The normalized spacial score (nSPS) is 10.3. The Morgan fingerprint density at radius 2 is 1.89 bits per heavy atom. The highest BCUT2D eigenvalue weighted by molar-refractivity contribution is 9.10. The van der Waals surface area contributed by atoms with Crippen molar-refractivity contribution in [2.24, 2.45) is 0 Å². The molecular formula is C15H12BrFO2. The number of ketones is 1. The van der Waals surface area contributed by atoms with Crippen LogP contribution in [0.25, 0.3) is 0 Å². The van der Waals surface area contributed by atoms with Gasteiger partial charge in [0.05, 0.1) is 11.6 Å². The maximum atomic E-state index is 13.4. The van der Waals surface area contributed by atoms with Gasteiger partial charge in [-0.25, -0.2) is 4.39 Å². The number of carbonyl (C=O) groups excluding carboxylic acids is 1. The van der Waals surface area contributed by atoms with Crippen LogP contribution in [0, 0.1) is 5.82 Å². The largest absolute Gasteiger partial charge is 0.497 e. The minimum absolute atomic E-state index is 0.114.